The first-order chi connectivity index (χ1) is 9.04. The molecule has 1 heterocycles. The SMILES string of the molecule is Cc1ccc(CCN(C)Cc2cc(N)no2)cc1C. The molecule has 4 nitrogen and oxygen atoms in total. The number of hydrogen-bond donors (Lipinski definition) is 1. The van der Waals surface area contributed by atoms with Crippen LogP contribution in [0.15, 0.2) is 28.8 Å². The molecule has 2 aromatic rings. The van der Waals surface area contributed by atoms with Gasteiger partial charge in [-0.2, -0.15) is 0 Å². The Labute approximate surface area is 114 Å². The standard InChI is InChI=1S/C15H21N3O/c1-11-4-5-13(8-12(11)2)6-7-18(3)10-14-9-15(16)17-19-14/h4-5,8-9H,6-7,10H2,1-3H3,(H2,16,17). The van der Waals surface area contributed by atoms with Crippen molar-refractivity contribution in [1.82, 2.24) is 10.1 Å². The van der Waals surface area contributed by atoms with Gasteiger partial charge in [-0.1, -0.05) is 23.4 Å². The van der Waals surface area contributed by atoms with E-state index in [1.54, 1.807) is 6.07 Å². The van der Waals surface area contributed by atoms with Crippen LogP contribution in [0.25, 0.3) is 0 Å². The minimum Gasteiger partial charge on any atom is -0.381 e. The molecule has 0 aliphatic carbocycles. The monoisotopic (exact) mass is 259 g/mol. The summed E-state index contributed by atoms with van der Waals surface area (Å²) in [6.07, 6.45) is 1.03. The van der Waals surface area contributed by atoms with Crippen LogP contribution in [0.1, 0.15) is 22.5 Å². The molecule has 0 saturated carbocycles. The second kappa shape index (κ2) is 5.89. The Morgan fingerprint density at radius 2 is 2.00 bits per heavy atom. The summed E-state index contributed by atoms with van der Waals surface area (Å²) < 4.78 is 5.11. The second-order valence-electron chi connectivity index (χ2n) is 5.12. The molecule has 0 atom stereocenters. The van der Waals surface area contributed by atoms with Gasteiger partial charge in [-0.3, -0.25) is 4.90 Å². The smallest absolute Gasteiger partial charge is 0.167 e. The molecule has 0 unspecified atom stereocenters. The fourth-order valence-electron chi connectivity index (χ4n) is 2.03. The predicted octanol–water partition coefficient (Wildman–Crippen LogP) is 2.55. The lowest BCUT2D eigenvalue weighted by Gasteiger charge is -2.15. The highest BCUT2D eigenvalue weighted by Crippen LogP contribution is 2.12. The highest BCUT2D eigenvalue weighted by atomic mass is 16.5. The zero-order chi connectivity index (χ0) is 13.8. The van der Waals surface area contributed by atoms with Crippen molar-refractivity contribution in [1.29, 1.82) is 0 Å². The van der Waals surface area contributed by atoms with Crippen molar-refractivity contribution >= 4 is 5.82 Å². The summed E-state index contributed by atoms with van der Waals surface area (Å²) in [5.41, 5.74) is 9.59. The molecule has 2 N–H and O–H groups in total. The summed E-state index contributed by atoms with van der Waals surface area (Å²) in [6, 6.07) is 8.41. The van der Waals surface area contributed by atoms with E-state index in [0.29, 0.717) is 5.82 Å². The molecular weight excluding hydrogens is 238 g/mol. The number of aryl methyl sites for hydroxylation is 2. The van der Waals surface area contributed by atoms with E-state index in [-0.39, 0.29) is 0 Å². The van der Waals surface area contributed by atoms with E-state index in [4.69, 9.17) is 10.3 Å². The van der Waals surface area contributed by atoms with Crippen molar-refractivity contribution in [3.63, 3.8) is 0 Å². The number of nitrogens with zero attached hydrogens (tertiary/aromatic N) is 2. The van der Waals surface area contributed by atoms with Gasteiger partial charge >= 0.3 is 0 Å². The zero-order valence-corrected chi connectivity index (χ0v) is 11.8. The number of nitrogens with two attached hydrogens (primary N) is 1. The van der Waals surface area contributed by atoms with E-state index in [2.05, 4.69) is 49.2 Å². The van der Waals surface area contributed by atoms with Gasteiger partial charge in [-0.05, 0) is 44.0 Å². The molecule has 2 rings (SSSR count). The van der Waals surface area contributed by atoms with Crippen LogP contribution >= 0.6 is 0 Å². The summed E-state index contributed by atoms with van der Waals surface area (Å²) in [5, 5.41) is 3.69. The number of hydrogen-bond acceptors (Lipinski definition) is 4. The molecular formula is C15H21N3O. The lowest BCUT2D eigenvalue weighted by atomic mass is 10.0. The minimum absolute atomic E-state index is 0.442. The highest BCUT2D eigenvalue weighted by molar-refractivity contribution is 5.30. The summed E-state index contributed by atoms with van der Waals surface area (Å²) in [4.78, 5) is 2.20. The van der Waals surface area contributed by atoms with Gasteiger partial charge in [-0.15, -0.1) is 0 Å². The van der Waals surface area contributed by atoms with E-state index >= 15 is 0 Å². The van der Waals surface area contributed by atoms with Crippen molar-refractivity contribution in [2.75, 3.05) is 19.3 Å². The third kappa shape index (κ3) is 3.83. The van der Waals surface area contributed by atoms with Crippen LogP contribution in [0.5, 0.6) is 0 Å². The Hall–Kier alpha value is -1.81. The molecule has 0 spiro atoms. The molecule has 19 heavy (non-hydrogen) atoms. The average Bonchev–Trinajstić information content (AvgIpc) is 2.76. The maximum Gasteiger partial charge on any atom is 0.167 e. The third-order valence-corrected chi connectivity index (χ3v) is 3.36. The predicted molar refractivity (Wildman–Crippen MR) is 76.9 cm³/mol. The van der Waals surface area contributed by atoms with Crippen molar-refractivity contribution in [2.24, 2.45) is 0 Å². The molecule has 0 radical (unpaired) electrons. The minimum atomic E-state index is 0.442. The van der Waals surface area contributed by atoms with Crippen LogP contribution in [-0.4, -0.2) is 23.6 Å². The van der Waals surface area contributed by atoms with Gasteiger partial charge in [-0.25, -0.2) is 0 Å². The van der Waals surface area contributed by atoms with Gasteiger partial charge in [0.1, 0.15) is 0 Å². The molecule has 4 heteroatoms. The summed E-state index contributed by atoms with van der Waals surface area (Å²) in [7, 11) is 2.07. The van der Waals surface area contributed by atoms with E-state index in [1.165, 1.54) is 16.7 Å². The number of benzene rings is 1. The molecule has 0 saturated heterocycles. The van der Waals surface area contributed by atoms with E-state index in [1.807, 2.05) is 0 Å². The van der Waals surface area contributed by atoms with Gasteiger partial charge in [0.05, 0.1) is 6.54 Å². The molecule has 1 aromatic heterocycles. The van der Waals surface area contributed by atoms with Crippen molar-refractivity contribution in [3.8, 4) is 0 Å². The molecule has 0 aliphatic rings. The normalized spacial score (nSPS) is 11.2. The van der Waals surface area contributed by atoms with E-state index in [9.17, 15) is 0 Å². The number of nitrogen functional groups attached to an aromatic ring is 1. The number of anilines is 1. The summed E-state index contributed by atoms with van der Waals surface area (Å²) in [5.74, 6) is 1.25. The third-order valence-electron chi connectivity index (χ3n) is 3.36. The molecule has 0 bridgehead atoms. The maximum atomic E-state index is 5.53. The average molecular weight is 259 g/mol. The Balaban J connectivity index is 1.86. The van der Waals surface area contributed by atoms with Crippen LogP contribution in [0, 0.1) is 13.8 Å². The van der Waals surface area contributed by atoms with Crippen LogP contribution < -0.4 is 5.73 Å². The second-order valence-corrected chi connectivity index (χ2v) is 5.12. The number of aromatic nitrogens is 1. The Morgan fingerprint density at radius 3 is 2.63 bits per heavy atom. The Kier molecular flexibility index (Phi) is 4.22. The van der Waals surface area contributed by atoms with Gasteiger partial charge in [0.25, 0.3) is 0 Å². The van der Waals surface area contributed by atoms with Crippen molar-refractivity contribution in [2.45, 2.75) is 26.8 Å². The van der Waals surface area contributed by atoms with Gasteiger partial charge < -0.3 is 10.3 Å². The Morgan fingerprint density at radius 1 is 1.21 bits per heavy atom. The first kappa shape index (κ1) is 13.6. The van der Waals surface area contributed by atoms with Crippen LogP contribution in [-0.2, 0) is 13.0 Å². The molecule has 0 amide bonds. The molecule has 102 valence electrons. The number of likely N-dealkylation sites (N-methyl/N-ethyl adjacent to an activating group) is 1. The van der Waals surface area contributed by atoms with E-state index < -0.39 is 0 Å². The number of rotatable bonds is 5. The summed E-state index contributed by atoms with van der Waals surface area (Å²) >= 11 is 0. The first-order valence-corrected chi connectivity index (χ1v) is 6.50. The van der Waals surface area contributed by atoms with Gasteiger partial charge in [0.15, 0.2) is 11.6 Å². The fourth-order valence-corrected chi connectivity index (χ4v) is 2.03. The first-order valence-electron chi connectivity index (χ1n) is 6.50. The van der Waals surface area contributed by atoms with Crippen molar-refractivity contribution < 1.29 is 4.52 Å². The quantitative estimate of drug-likeness (QED) is 0.896. The topological polar surface area (TPSA) is 55.3 Å². The molecule has 0 aliphatic heterocycles. The summed E-state index contributed by atoms with van der Waals surface area (Å²) in [6.45, 7) is 6.00. The van der Waals surface area contributed by atoms with Crippen LogP contribution in [0.4, 0.5) is 5.82 Å². The van der Waals surface area contributed by atoms with E-state index in [0.717, 1.165) is 25.3 Å². The molecule has 0 fully saturated rings. The molecule has 1 aromatic carbocycles. The fraction of sp³-hybridized carbons (Fsp3) is 0.400. The van der Waals surface area contributed by atoms with Gasteiger partial charge in [0.2, 0.25) is 0 Å². The van der Waals surface area contributed by atoms with Gasteiger partial charge in [0, 0.05) is 12.6 Å². The Bertz CT molecular complexity index is 548. The van der Waals surface area contributed by atoms with Crippen LogP contribution in [0.2, 0.25) is 0 Å². The van der Waals surface area contributed by atoms with Crippen molar-refractivity contribution in [3.05, 3.63) is 46.7 Å². The zero-order valence-electron chi connectivity index (χ0n) is 11.8. The maximum absolute atomic E-state index is 5.53. The van der Waals surface area contributed by atoms with Crippen LogP contribution in [0.3, 0.4) is 0 Å². The lowest BCUT2D eigenvalue weighted by molar-refractivity contribution is 0.275. The lowest BCUT2D eigenvalue weighted by Crippen LogP contribution is -2.20. The largest absolute Gasteiger partial charge is 0.381 e. The highest BCUT2D eigenvalue weighted by Gasteiger charge is 2.06.